The van der Waals surface area contributed by atoms with E-state index in [9.17, 15) is 19.2 Å². The molecule has 13 heteroatoms. The summed E-state index contributed by atoms with van der Waals surface area (Å²) in [7, 11) is 0. The summed E-state index contributed by atoms with van der Waals surface area (Å²) in [5, 5.41) is 4.21. The standard InChI is InChI=1S/C22H18F6N2O5/c23-21(24,25)19-11-3-1-4(8-7(3)15(31)29-16(8)32)12(11)20(35-19,22(26,27)28)14-6-2-5(13(14)19)9-10(6)18(34)30-17(9)33/h3-14H,1-2H2,(H,29,31,32)(H,30,33,34)/t3-,4-,5+,6+,7-,8?,9+,10?,11?,12?,13?,14?,19?,20?. The molecule has 4 heterocycles. The molecule has 4 aliphatic heterocycles. The lowest BCUT2D eigenvalue weighted by Gasteiger charge is -2.53. The highest BCUT2D eigenvalue weighted by atomic mass is 19.4. The van der Waals surface area contributed by atoms with Gasteiger partial charge in [-0.05, 0) is 36.5 Å². The molecule has 4 saturated heterocycles. The van der Waals surface area contributed by atoms with Gasteiger partial charge in [-0.1, -0.05) is 0 Å². The van der Waals surface area contributed by atoms with Crippen molar-refractivity contribution in [2.45, 2.75) is 36.4 Å². The molecule has 14 atom stereocenters. The van der Waals surface area contributed by atoms with E-state index in [0.717, 1.165) is 0 Å². The fourth-order valence-electron chi connectivity index (χ4n) is 11.0. The van der Waals surface area contributed by atoms with Gasteiger partial charge in [0.05, 0.1) is 23.7 Å². The van der Waals surface area contributed by atoms with Crippen molar-refractivity contribution in [1.82, 2.24) is 10.6 Å². The summed E-state index contributed by atoms with van der Waals surface area (Å²) in [6, 6.07) is 0. The number of carbonyl (C=O) groups excluding carboxylic acids is 4. The Morgan fingerprint density at radius 3 is 1.06 bits per heavy atom. The van der Waals surface area contributed by atoms with Crippen molar-refractivity contribution >= 4 is 23.6 Å². The van der Waals surface area contributed by atoms with Gasteiger partial charge in [0.25, 0.3) is 0 Å². The van der Waals surface area contributed by atoms with E-state index in [2.05, 4.69) is 10.6 Å². The predicted molar refractivity (Wildman–Crippen MR) is 96.1 cm³/mol. The van der Waals surface area contributed by atoms with Crippen LogP contribution in [0, 0.1) is 71.0 Å². The van der Waals surface area contributed by atoms with Crippen molar-refractivity contribution < 1.29 is 50.3 Å². The molecular weight excluding hydrogens is 486 g/mol. The molecule has 8 fully saturated rings. The van der Waals surface area contributed by atoms with Gasteiger partial charge < -0.3 is 4.74 Å². The van der Waals surface area contributed by atoms with Gasteiger partial charge in [0.15, 0.2) is 11.2 Å². The van der Waals surface area contributed by atoms with Crippen LogP contribution in [0.5, 0.6) is 0 Å². The number of rotatable bonds is 0. The third kappa shape index (κ3) is 1.79. The number of imide groups is 2. The van der Waals surface area contributed by atoms with Crippen LogP contribution in [0.25, 0.3) is 0 Å². The summed E-state index contributed by atoms with van der Waals surface area (Å²) in [4.78, 5) is 50.0. The van der Waals surface area contributed by atoms with Crippen LogP contribution in [-0.2, 0) is 23.9 Å². The molecule has 6 bridgehead atoms. The highest BCUT2D eigenvalue weighted by molar-refractivity contribution is 6.07. The van der Waals surface area contributed by atoms with Crippen LogP contribution in [-0.4, -0.2) is 47.2 Å². The summed E-state index contributed by atoms with van der Waals surface area (Å²) in [5.41, 5.74) is -6.38. The molecule has 4 amide bonds. The molecule has 4 saturated carbocycles. The van der Waals surface area contributed by atoms with Gasteiger partial charge in [-0.3, -0.25) is 29.8 Å². The SMILES string of the molecule is O=C1NC(=O)[C@@H]2C1[C@@H]1C[C@@H]2C2C1C1(C(F)(F)F)OC2(C(F)(F)F)C2C1[C@@H]1C[C@@H]2[C@H]2C(=O)NC(=O)C12. The van der Waals surface area contributed by atoms with E-state index in [4.69, 9.17) is 4.74 Å². The number of ether oxygens (including phenoxy) is 1. The van der Waals surface area contributed by atoms with Crippen LogP contribution in [0.4, 0.5) is 26.3 Å². The normalized spacial score (nSPS) is 58.6. The summed E-state index contributed by atoms with van der Waals surface area (Å²) in [6.07, 6.45) is -10.6. The number of fused-ring (bicyclic) bond motifs is 22. The number of alkyl halides is 6. The number of hydrogen-bond acceptors (Lipinski definition) is 5. The van der Waals surface area contributed by atoms with Crippen LogP contribution < -0.4 is 10.6 Å². The maximum Gasteiger partial charge on any atom is 0.418 e. The Labute approximate surface area is 192 Å². The minimum absolute atomic E-state index is 0.0795. The third-order valence-corrected chi connectivity index (χ3v) is 11.2. The molecule has 0 aromatic heterocycles. The second kappa shape index (κ2) is 5.40. The molecular formula is C22H18F6N2O5. The molecule has 35 heavy (non-hydrogen) atoms. The lowest BCUT2D eigenvalue weighted by molar-refractivity contribution is -0.329. The highest BCUT2D eigenvalue weighted by Gasteiger charge is 2.97. The molecule has 8 unspecified atom stereocenters. The van der Waals surface area contributed by atoms with E-state index < -0.39 is 118 Å². The average Bonchev–Trinajstić information content (AvgIpc) is 3.53. The Balaban J connectivity index is 1.39. The molecule has 8 rings (SSSR count). The first kappa shape index (κ1) is 21.0. The quantitative estimate of drug-likeness (QED) is 0.381. The summed E-state index contributed by atoms with van der Waals surface area (Å²) in [5.74, 6) is -18.3. The maximum atomic E-state index is 15.1. The van der Waals surface area contributed by atoms with Gasteiger partial charge in [0, 0.05) is 23.7 Å². The average molecular weight is 504 g/mol. The van der Waals surface area contributed by atoms with Crippen molar-refractivity contribution in [3.8, 4) is 0 Å². The molecule has 0 radical (unpaired) electrons. The highest BCUT2D eigenvalue weighted by Crippen LogP contribution is 2.86. The van der Waals surface area contributed by atoms with E-state index >= 15 is 26.3 Å². The second-order valence-electron chi connectivity index (χ2n) is 11.7. The Hall–Kier alpha value is -2.18. The smallest absolute Gasteiger partial charge is 0.348 e. The lowest BCUT2D eigenvalue weighted by Crippen LogP contribution is -2.66. The molecule has 4 aliphatic carbocycles. The van der Waals surface area contributed by atoms with E-state index in [0.29, 0.717) is 0 Å². The van der Waals surface area contributed by atoms with E-state index in [1.54, 1.807) is 0 Å². The van der Waals surface area contributed by atoms with Crippen LogP contribution >= 0.6 is 0 Å². The maximum absolute atomic E-state index is 15.1. The van der Waals surface area contributed by atoms with Gasteiger partial charge in [-0.15, -0.1) is 0 Å². The van der Waals surface area contributed by atoms with Crippen LogP contribution in [0.15, 0.2) is 0 Å². The van der Waals surface area contributed by atoms with Crippen LogP contribution in [0.2, 0.25) is 0 Å². The van der Waals surface area contributed by atoms with Crippen molar-refractivity contribution in [3.05, 3.63) is 0 Å². The Morgan fingerprint density at radius 2 is 0.829 bits per heavy atom. The van der Waals surface area contributed by atoms with Gasteiger partial charge in [0.1, 0.15) is 0 Å². The molecule has 8 aliphatic rings. The van der Waals surface area contributed by atoms with Crippen molar-refractivity contribution in [2.24, 2.45) is 71.0 Å². The Morgan fingerprint density at radius 1 is 0.571 bits per heavy atom. The fraction of sp³-hybridized carbons (Fsp3) is 0.818. The van der Waals surface area contributed by atoms with E-state index in [1.165, 1.54) is 0 Å². The van der Waals surface area contributed by atoms with Crippen LogP contribution in [0.1, 0.15) is 12.8 Å². The predicted octanol–water partition coefficient (Wildman–Crippen LogP) is 1.17. The number of amides is 4. The zero-order chi connectivity index (χ0) is 24.8. The minimum Gasteiger partial charge on any atom is -0.348 e. The largest absolute Gasteiger partial charge is 0.418 e. The second-order valence-corrected chi connectivity index (χ2v) is 11.7. The number of hydrogen-bond donors (Lipinski definition) is 2. The Kier molecular flexibility index (Phi) is 3.23. The van der Waals surface area contributed by atoms with E-state index in [1.807, 2.05) is 0 Å². The van der Waals surface area contributed by atoms with Gasteiger partial charge >= 0.3 is 12.4 Å². The molecule has 0 spiro atoms. The monoisotopic (exact) mass is 504 g/mol. The number of carbonyl (C=O) groups is 4. The Bertz CT molecular complexity index is 1010. The first-order chi connectivity index (χ1) is 16.3. The zero-order valence-corrected chi connectivity index (χ0v) is 17.7. The zero-order valence-electron chi connectivity index (χ0n) is 17.7. The van der Waals surface area contributed by atoms with Gasteiger partial charge in [0.2, 0.25) is 23.6 Å². The number of halogens is 6. The summed E-state index contributed by atoms with van der Waals surface area (Å²) < 4.78 is 96.2. The third-order valence-electron chi connectivity index (χ3n) is 11.2. The first-order valence-corrected chi connectivity index (χ1v) is 11.8. The molecule has 2 N–H and O–H groups in total. The number of nitrogens with one attached hydrogen (secondary N) is 2. The molecule has 0 aromatic rings. The summed E-state index contributed by atoms with van der Waals surface area (Å²) in [6.45, 7) is 0. The molecule has 0 aromatic carbocycles. The van der Waals surface area contributed by atoms with Crippen molar-refractivity contribution in [3.63, 3.8) is 0 Å². The fourth-order valence-corrected chi connectivity index (χ4v) is 11.0. The first-order valence-electron chi connectivity index (χ1n) is 11.8. The van der Waals surface area contributed by atoms with Crippen LogP contribution in [0.3, 0.4) is 0 Å². The van der Waals surface area contributed by atoms with Gasteiger partial charge in [-0.25, -0.2) is 0 Å². The molecule has 7 nitrogen and oxygen atoms in total. The van der Waals surface area contributed by atoms with Crippen molar-refractivity contribution in [1.29, 1.82) is 0 Å². The van der Waals surface area contributed by atoms with Gasteiger partial charge in [-0.2, -0.15) is 26.3 Å². The van der Waals surface area contributed by atoms with Crippen molar-refractivity contribution in [2.75, 3.05) is 0 Å². The van der Waals surface area contributed by atoms with E-state index in [-0.39, 0.29) is 12.8 Å². The minimum atomic E-state index is -5.21. The summed E-state index contributed by atoms with van der Waals surface area (Å²) >= 11 is 0. The lowest BCUT2D eigenvalue weighted by atomic mass is 9.46. The topological polar surface area (TPSA) is 102 Å². The molecule has 188 valence electrons.